The van der Waals surface area contributed by atoms with Crippen LogP contribution in [-0.2, 0) is 12.0 Å². The molecule has 1 aromatic rings. The van der Waals surface area contributed by atoms with E-state index in [1.807, 2.05) is 6.07 Å². The summed E-state index contributed by atoms with van der Waals surface area (Å²) in [6.07, 6.45) is 0.982. The molecule has 3 nitrogen and oxygen atoms in total. The maximum absolute atomic E-state index is 9.75. The number of fused-ring (bicyclic) bond motifs is 1. The molecule has 0 bridgehead atoms. The summed E-state index contributed by atoms with van der Waals surface area (Å²) < 4.78 is 5.11. The molecule has 0 radical (unpaired) electrons. The van der Waals surface area contributed by atoms with Gasteiger partial charge in [-0.3, -0.25) is 0 Å². The molecule has 2 rings (SSSR count). The van der Waals surface area contributed by atoms with E-state index >= 15 is 0 Å². The fourth-order valence-corrected chi connectivity index (χ4v) is 2.17. The quantitative estimate of drug-likeness (QED) is 0.737. The topological polar surface area (TPSA) is 41.5 Å². The van der Waals surface area contributed by atoms with E-state index < -0.39 is 0 Å². The Bertz CT molecular complexity index is 385. The number of methoxy groups -OCH3 is 1. The summed E-state index contributed by atoms with van der Waals surface area (Å²) in [7, 11) is 1.58. The standard InChI is InChI=1S/C12H17NO2/c1-12(2)9-7-10(14)11(15-3)6-8(9)4-5-13-12/h6-7,13-14H,4-5H2,1-3H3. The highest BCUT2D eigenvalue weighted by atomic mass is 16.5. The van der Waals surface area contributed by atoms with Gasteiger partial charge in [0.2, 0.25) is 0 Å². The van der Waals surface area contributed by atoms with Crippen molar-refractivity contribution in [1.29, 1.82) is 0 Å². The average molecular weight is 207 g/mol. The van der Waals surface area contributed by atoms with Crippen LogP contribution < -0.4 is 10.1 Å². The third kappa shape index (κ3) is 1.67. The van der Waals surface area contributed by atoms with Gasteiger partial charge in [-0.2, -0.15) is 0 Å². The van der Waals surface area contributed by atoms with Crippen LogP contribution >= 0.6 is 0 Å². The van der Waals surface area contributed by atoms with E-state index in [2.05, 4.69) is 19.2 Å². The van der Waals surface area contributed by atoms with Crippen molar-refractivity contribution < 1.29 is 9.84 Å². The molecule has 0 spiro atoms. The van der Waals surface area contributed by atoms with Crippen molar-refractivity contribution in [2.24, 2.45) is 0 Å². The summed E-state index contributed by atoms with van der Waals surface area (Å²) in [5.41, 5.74) is 2.34. The smallest absolute Gasteiger partial charge is 0.160 e. The molecule has 0 atom stereocenters. The summed E-state index contributed by atoms with van der Waals surface area (Å²) in [5.74, 6) is 0.777. The maximum atomic E-state index is 9.75. The summed E-state index contributed by atoms with van der Waals surface area (Å²) in [6.45, 7) is 5.21. The first-order valence-corrected chi connectivity index (χ1v) is 5.20. The van der Waals surface area contributed by atoms with Crippen molar-refractivity contribution in [1.82, 2.24) is 5.32 Å². The number of phenols is 1. The first kappa shape index (κ1) is 10.3. The molecular formula is C12H17NO2. The molecule has 1 aliphatic heterocycles. The Morgan fingerprint density at radius 3 is 2.80 bits per heavy atom. The first-order valence-electron chi connectivity index (χ1n) is 5.20. The summed E-state index contributed by atoms with van der Waals surface area (Å²) in [4.78, 5) is 0. The van der Waals surface area contributed by atoms with Gasteiger partial charge < -0.3 is 15.2 Å². The number of benzene rings is 1. The number of phenolic OH excluding ortho intramolecular Hbond substituents is 1. The molecule has 0 amide bonds. The normalized spacial score (nSPS) is 18.3. The SMILES string of the molecule is COc1cc2c(cc1O)C(C)(C)NCC2. The number of ether oxygens (including phenoxy) is 1. The van der Waals surface area contributed by atoms with Gasteiger partial charge >= 0.3 is 0 Å². The van der Waals surface area contributed by atoms with E-state index in [-0.39, 0.29) is 11.3 Å². The van der Waals surface area contributed by atoms with Crippen molar-refractivity contribution in [3.8, 4) is 11.5 Å². The largest absolute Gasteiger partial charge is 0.504 e. The van der Waals surface area contributed by atoms with E-state index in [1.165, 1.54) is 5.56 Å². The highest BCUT2D eigenvalue weighted by Gasteiger charge is 2.28. The molecule has 3 heteroatoms. The van der Waals surface area contributed by atoms with E-state index in [0.717, 1.165) is 18.5 Å². The molecule has 0 aromatic heterocycles. The molecule has 82 valence electrons. The molecule has 1 aliphatic rings. The molecule has 2 N–H and O–H groups in total. The number of hydrogen-bond acceptors (Lipinski definition) is 3. The van der Waals surface area contributed by atoms with E-state index in [9.17, 15) is 5.11 Å². The molecule has 15 heavy (non-hydrogen) atoms. The van der Waals surface area contributed by atoms with Gasteiger partial charge in [0.15, 0.2) is 11.5 Å². The fourth-order valence-electron chi connectivity index (χ4n) is 2.17. The summed E-state index contributed by atoms with van der Waals surface area (Å²) >= 11 is 0. The first-order chi connectivity index (χ1) is 7.04. The van der Waals surface area contributed by atoms with E-state index in [1.54, 1.807) is 13.2 Å². The van der Waals surface area contributed by atoms with Gasteiger partial charge in [0.05, 0.1) is 7.11 Å². The van der Waals surface area contributed by atoms with Gasteiger partial charge in [-0.05, 0) is 50.1 Å². The zero-order chi connectivity index (χ0) is 11.1. The fraction of sp³-hybridized carbons (Fsp3) is 0.500. The summed E-state index contributed by atoms with van der Waals surface area (Å²) in [6, 6.07) is 3.74. The van der Waals surface area contributed by atoms with Crippen LogP contribution in [0.1, 0.15) is 25.0 Å². The van der Waals surface area contributed by atoms with Crippen LogP contribution in [0.4, 0.5) is 0 Å². The lowest BCUT2D eigenvalue weighted by atomic mass is 9.85. The van der Waals surface area contributed by atoms with Crippen molar-refractivity contribution in [3.05, 3.63) is 23.3 Å². The zero-order valence-electron chi connectivity index (χ0n) is 9.42. The van der Waals surface area contributed by atoms with Gasteiger partial charge in [0.25, 0.3) is 0 Å². The number of nitrogens with one attached hydrogen (secondary N) is 1. The van der Waals surface area contributed by atoms with Crippen molar-refractivity contribution >= 4 is 0 Å². The number of aromatic hydroxyl groups is 1. The third-order valence-corrected chi connectivity index (χ3v) is 3.04. The maximum Gasteiger partial charge on any atom is 0.160 e. The minimum atomic E-state index is -0.0721. The molecule has 0 saturated carbocycles. The van der Waals surface area contributed by atoms with E-state index in [0.29, 0.717) is 5.75 Å². The Morgan fingerprint density at radius 2 is 2.13 bits per heavy atom. The van der Waals surface area contributed by atoms with Crippen LogP contribution in [0.3, 0.4) is 0 Å². The Kier molecular flexibility index (Phi) is 2.35. The van der Waals surface area contributed by atoms with Crippen LogP contribution in [0.5, 0.6) is 11.5 Å². The Hall–Kier alpha value is -1.22. The lowest BCUT2D eigenvalue weighted by molar-refractivity contribution is 0.356. The third-order valence-electron chi connectivity index (χ3n) is 3.04. The van der Waals surface area contributed by atoms with Crippen LogP contribution in [0, 0.1) is 0 Å². The number of hydrogen-bond donors (Lipinski definition) is 2. The Morgan fingerprint density at radius 1 is 1.40 bits per heavy atom. The predicted molar refractivity (Wildman–Crippen MR) is 59.4 cm³/mol. The molecule has 0 saturated heterocycles. The molecular weight excluding hydrogens is 190 g/mol. The van der Waals surface area contributed by atoms with Gasteiger partial charge in [-0.25, -0.2) is 0 Å². The van der Waals surface area contributed by atoms with Crippen LogP contribution in [0.15, 0.2) is 12.1 Å². The van der Waals surface area contributed by atoms with Gasteiger partial charge in [0.1, 0.15) is 0 Å². The van der Waals surface area contributed by atoms with Gasteiger partial charge in [0, 0.05) is 5.54 Å². The van der Waals surface area contributed by atoms with Crippen LogP contribution in [0.25, 0.3) is 0 Å². The molecule has 0 aliphatic carbocycles. The van der Waals surface area contributed by atoms with Gasteiger partial charge in [-0.1, -0.05) is 0 Å². The molecule has 0 fully saturated rings. The monoisotopic (exact) mass is 207 g/mol. The molecule has 1 aromatic carbocycles. The molecule has 1 heterocycles. The summed E-state index contributed by atoms with van der Waals surface area (Å²) in [5, 5.41) is 13.2. The average Bonchev–Trinajstić information content (AvgIpc) is 2.18. The van der Waals surface area contributed by atoms with Crippen LogP contribution in [-0.4, -0.2) is 18.8 Å². The Labute approximate surface area is 90.1 Å². The van der Waals surface area contributed by atoms with Crippen molar-refractivity contribution in [2.75, 3.05) is 13.7 Å². The Balaban J connectivity index is 2.55. The lowest BCUT2D eigenvalue weighted by Crippen LogP contribution is -2.42. The zero-order valence-corrected chi connectivity index (χ0v) is 9.42. The van der Waals surface area contributed by atoms with E-state index in [4.69, 9.17) is 4.74 Å². The highest BCUT2D eigenvalue weighted by molar-refractivity contribution is 5.49. The lowest BCUT2D eigenvalue weighted by Gasteiger charge is -2.34. The van der Waals surface area contributed by atoms with Gasteiger partial charge in [-0.15, -0.1) is 0 Å². The predicted octanol–water partition coefficient (Wildman–Crippen LogP) is 1.78. The minimum absolute atomic E-state index is 0.0721. The highest BCUT2D eigenvalue weighted by Crippen LogP contribution is 2.36. The second kappa shape index (κ2) is 3.42. The minimum Gasteiger partial charge on any atom is -0.504 e. The van der Waals surface area contributed by atoms with Crippen molar-refractivity contribution in [3.63, 3.8) is 0 Å². The molecule has 0 unspecified atom stereocenters. The second-order valence-electron chi connectivity index (χ2n) is 4.48. The number of rotatable bonds is 1. The second-order valence-corrected chi connectivity index (χ2v) is 4.48. The van der Waals surface area contributed by atoms with Crippen molar-refractivity contribution in [2.45, 2.75) is 25.8 Å². The van der Waals surface area contributed by atoms with Crippen LogP contribution in [0.2, 0.25) is 0 Å².